The minimum atomic E-state index is -4.85. The predicted molar refractivity (Wildman–Crippen MR) is 109 cm³/mol. The van der Waals surface area contributed by atoms with E-state index in [0.717, 1.165) is 29.7 Å². The van der Waals surface area contributed by atoms with Gasteiger partial charge in [-0.05, 0) is 37.3 Å². The number of nitrogens with zero attached hydrogens (tertiary/aromatic N) is 3. The molecule has 0 radical (unpaired) electrons. The zero-order chi connectivity index (χ0) is 23.0. The number of hydrogen-bond donors (Lipinski definition) is 1. The predicted octanol–water partition coefficient (Wildman–Crippen LogP) is 5.85. The molecule has 4 aromatic rings. The van der Waals surface area contributed by atoms with Crippen LogP contribution in [0.4, 0.5) is 27.1 Å². The number of benzene rings is 2. The number of anilines is 1. The van der Waals surface area contributed by atoms with Gasteiger partial charge in [-0.2, -0.15) is 18.3 Å². The lowest BCUT2D eigenvalue weighted by molar-refractivity contribution is -0.143. The van der Waals surface area contributed by atoms with Gasteiger partial charge in [-0.25, -0.2) is 18.4 Å². The maximum atomic E-state index is 13.8. The Bertz CT molecular complexity index is 1300. The number of carbonyl (C=O) groups is 1. The Labute approximate surface area is 182 Å². The third kappa shape index (κ3) is 4.11. The molecule has 32 heavy (non-hydrogen) atoms. The second-order valence-corrected chi connectivity index (χ2v) is 7.86. The number of halogens is 5. The number of para-hydroxylation sites is 1. The van der Waals surface area contributed by atoms with Gasteiger partial charge >= 0.3 is 6.18 Å². The fraction of sp³-hybridized carbons (Fsp3) is 0.0952. The first kappa shape index (κ1) is 21.6. The number of alkyl halides is 3. The van der Waals surface area contributed by atoms with Crippen molar-refractivity contribution in [3.8, 4) is 16.9 Å². The molecular weight excluding hydrogens is 451 g/mol. The van der Waals surface area contributed by atoms with E-state index in [2.05, 4.69) is 15.4 Å². The minimum Gasteiger partial charge on any atom is -0.298 e. The van der Waals surface area contributed by atoms with Gasteiger partial charge in [-0.15, -0.1) is 11.3 Å². The van der Waals surface area contributed by atoms with Gasteiger partial charge in [0.1, 0.15) is 0 Å². The van der Waals surface area contributed by atoms with E-state index in [0.29, 0.717) is 9.56 Å². The van der Waals surface area contributed by atoms with Crippen molar-refractivity contribution in [2.24, 2.45) is 0 Å². The molecule has 11 heteroatoms. The Morgan fingerprint density at radius 1 is 1.06 bits per heavy atom. The SMILES string of the molecule is Cc1sc(NC(=O)c2cnn(-c3ccccc3)c2C(F)(F)F)nc1-c1ccc(F)c(F)c1. The smallest absolute Gasteiger partial charge is 0.298 e. The van der Waals surface area contributed by atoms with Crippen molar-refractivity contribution in [1.82, 2.24) is 14.8 Å². The normalized spacial score (nSPS) is 11.6. The number of thiazole rings is 1. The summed E-state index contributed by atoms with van der Waals surface area (Å²) < 4.78 is 68.7. The average Bonchev–Trinajstić information content (AvgIpc) is 3.35. The van der Waals surface area contributed by atoms with Crippen LogP contribution in [0, 0.1) is 18.6 Å². The van der Waals surface area contributed by atoms with Crippen LogP contribution in [0.15, 0.2) is 54.7 Å². The van der Waals surface area contributed by atoms with Gasteiger partial charge in [0.2, 0.25) is 0 Å². The van der Waals surface area contributed by atoms with E-state index in [1.807, 2.05) is 0 Å². The van der Waals surface area contributed by atoms with Gasteiger partial charge in [-0.1, -0.05) is 18.2 Å². The molecule has 0 aliphatic carbocycles. The molecule has 2 aromatic carbocycles. The molecule has 2 aromatic heterocycles. The summed E-state index contributed by atoms with van der Waals surface area (Å²) in [4.78, 5) is 17.4. The monoisotopic (exact) mass is 464 g/mol. The zero-order valence-corrected chi connectivity index (χ0v) is 17.1. The van der Waals surface area contributed by atoms with Gasteiger partial charge in [0, 0.05) is 10.4 Å². The zero-order valence-electron chi connectivity index (χ0n) is 16.2. The minimum absolute atomic E-state index is 0.00724. The van der Waals surface area contributed by atoms with Gasteiger partial charge in [-0.3, -0.25) is 10.1 Å². The van der Waals surface area contributed by atoms with E-state index in [9.17, 15) is 26.7 Å². The first-order chi connectivity index (χ1) is 15.1. The van der Waals surface area contributed by atoms with Crippen LogP contribution in [-0.4, -0.2) is 20.7 Å². The number of nitrogens with one attached hydrogen (secondary N) is 1. The molecule has 0 aliphatic rings. The number of hydrogen-bond acceptors (Lipinski definition) is 4. The molecule has 0 bridgehead atoms. The highest BCUT2D eigenvalue weighted by atomic mass is 32.1. The molecule has 4 rings (SSSR count). The molecule has 1 amide bonds. The van der Waals surface area contributed by atoms with Crippen molar-refractivity contribution in [3.63, 3.8) is 0 Å². The average molecular weight is 464 g/mol. The molecule has 0 fully saturated rings. The Morgan fingerprint density at radius 3 is 2.44 bits per heavy atom. The highest BCUT2D eigenvalue weighted by Gasteiger charge is 2.40. The number of rotatable bonds is 4. The van der Waals surface area contributed by atoms with E-state index in [1.54, 1.807) is 25.1 Å². The van der Waals surface area contributed by atoms with Gasteiger partial charge in [0.15, 0.2) is 22.5 Å². The van der Waals surface area contributed by atoms with E-state index in [-0.39, 0.29) is 22.1 Å². The van der Waals surface area contributed by atoms with Gasteiger partial charge < -0.3 is 0 Å². The first-order valence-corrected chi connectivity index (χ1v) is 9.91. The molecule has 0 unspecified atom stereocenters. The van der Waals surface area contributed by atoms with Crippen molar-refractivity contribution in [1.29, 1.82) is 0 Å². The number of amides is 1. The van der Waals surface area contributed by atoms with Crippen LogP contribution in [0.1, 0.15) is 20.9 Å². The van der Waals surface area contributed by atoms with E-state index >= 15 is 0 Å². The molecule has 2 heterocycles. The van der Waals surface area contributed by atoms with E-state index in [4.69, 9.17) is 0 Å². The molecule has 0 saturated heterocycles. The van der Waals surface area contributed by atoms with Crippen molar-refractivity contribution in [2.45, 2.75) is 13.1 Å². The van der Waals surface area contributed by atoms with Crippen LogP contribution in [0.3, 0.4) is 0 Å². The lowest BCUT2D eigenvalue weighted by atomic mass is 10.1. The Balaban J connectivity index is 1.67. The van der Waals surface area contributed by atoms with Crippen LogP contribution >= 0.6 is 11.3 Å². The number of aromatic nitrogens is 3. The van der Waals surface area contributed by atoms with E-state index < -0.39 is 35.0 Å². The number of aryl methyl sites for hydroxylation is 1. The van der Waals surface area contributed by atoms with Crippen LogP contribution in [-0.2, 0) is 6.18 Å². The Morgan fingerprint density at radius 2 is 1.78 bits per heavy atom. The lowest BCUT2D eigenvalue weighted by Crippen LogP contribution is -2.20. The third-order valence-corrected chi connectivity index (χ3v) is 5.38. The molecule has 0 aliphatic heterocycles. The summed E-state index contributed by atoms with van der Waals surface area (Å²) in [6.45, 7) is 1.64. The summed E-state index contributed by atoms with van der Waals surface area (Å²) >= 11 is 0.991. The van der Waals surface area contributed by atoms with Gasteiger partial charge in [0.25, 0.3) is 5.91 Å². The highest BCUT2D eigenvalue weighted by molar-refractivity contribution is 7.16. The molecule has 1 N–H and O–H groups in total. The summed E-state index contributed by atoms with van der Waals surface area (Å²) in [5.41, 5.74) is -1.21. The maximum Gasteiger partial charge on any atom is 0.434 e. The van der Waals surface area contributed by atoms with Crippen LogP contribution in [0.5, 0.6) is 0 Å². The van der Waals surface area contributed by atoms with Crippen molar-refractivity contribution in [2.75, 3.05) is 5.32 Å². The van der Waals surface area contributed by atoms with Crippen LogP contribution in [0.25, 0.3) is 16.9 Å². The van der Waals surface area contributed by atoms with E-state index in [1.165, 1.54) is 18.2 Å². The van der Waals surface area contributed by atoms with Crippen molar-refractivity contribution in [3.05, 3.63) is 82.5 Å². The molecular formula is C21H13F5N4OS. The first-order valence-electron chi connectivity index (χ1n) is 9.10. The fourth-order valence-electron chi connectivity index (χ4n) is 3.08. The summed E-state index contributed by atoms with van der Waals surface area (Å²) in [6.07, 6.45) is -4.02. The summed E-state index contributed by atoms with van der Waals surface area (Å²) in [7, 11) is 0. The van der Waals surface area contributed by atoms with Gasteiger partial charge in [0.05, 0.1) is 23.1 Å². The number of carbonyl (C=O) groups excluding carboxylic acids is 1. The fourth-order valence-corrected chi connectivity index (χ4v) is 3.91. The van der Waals surface area contributed by atoms with Crippen molar-refractivity contribution >= 4 is 22.4 Å². The maximum absolute atomic E-state index is 13.8. The Kier molecular flexibility index (Phi) is 5.51. The summed E-state index contributed by atoms with van der Waals surface area (Å²) in [5.74, 6) is -3.14. The van der Waals surface area contributed by atoms with Crippen molar-refractivity contribution < 1.29 is 26.7 Å². The lowest BCUT2D eigenvalue weighted by Gasteiger charge is -2.12. The standard InChI is InChI=1S/C21H13F5N4OS/c1-11-17(12-7-8-15(22)16(23)9-12)28-20(32-11)29-19(31)14-10-27-30(18(14)21(24,25)26)13-5-3-2-4-6-13/h2-10H,1H3,(H,28,29,31). The molecule has 0 saturated carbocycles. The largest absolute Gasteiger partial charge is 0.434 e. The second-order valence-electron chi connectivity index (χ2n) is 6.66. The summed E-state index contributed by atoms with van der Waals surface area (Å²) in [6, 6.07) is 10.8. The summed E-state index contributed by atoms with van der Waals surface area (Å²) in [5, 5.41) is 6.09. The molecule has 5 nitrogen and oxygen atoms in total. The topological polar surface area (TPSA) is 59.8 Å². The molecule has 0 spiro atoms. The third-order valence-electron chi connectivity index (χ3n) is 4.49. The molecule has 164 valence electrons. The molecule has 0 atom stereocenters. The van der Waals surface area contributed by atoms with Crippen LogP contribution in [0.2, 0.25) is 0 Å². The van der Waals surface area contributed by atoms with Crippen LogP contribution < -0.4 is 5.32 Å². The quantitative estimate of drug-likeness (QED) is 0.385. The Hall–Kier alpha value is -3.60. The highest BCUT2D eigenvalue weighted by Crippen LogP contribution is 2.35. The second kappa shape index (κ2) is 8.15.